The van der Waals surface area contributed by atoms with Crippen molar-refractivity contribution >= 4 is 16.9 Å². The lowest BCUT2D eigenvalue weighted by atomic mass is 10.1. The van der Waals surface area contributed by atoms with E-state index in [1.807, 2.05) is 6.92 Å². The van der Waals surface area contributed by atoms with Crippen molar-refractivity contribution < 1.29 is 14.6 Å². The van der Waals surface area contributed by atoms with Gasteiger partial charge in [0.15, 0.2) is 0 Å². The molecule has 0 aliphatic carbocycles. The third kappa shape index (κ3) is 2.72. The van der Waals surface area contributed by atoms with E-state index in [0.717, 1.165) is 5.52 Å². The predicted molar refractivity (Wildman–Crippen MR) is 76.9 cm³/mol. The molecule has 3 rings (SSSR count). The summed E-state index contributed by atoms with van der Waals surface area (Å²) in [5.74, 6) is -0.0724. The maximum atomic E-state index is 12.7. The minimum atomic E-state index is -0.314. The quantitative estimate of drug-likeness (QED) is 0.886. The number of carbonyl (C=O) groups is 1. The number of amides is 1. The molecule has 6 nitrogen and oxygen atoms in total. The summed E-state index contributed by atoms with van der Waals surface area (Å²) in [5.41, 5.74) is 2.04. The number of morpholine rings is 1. The molecule has 1 saturated heterocycles. The molecule has 2 atom stereocenters. The lowest BCUT2D eigenvalue weighted by Crippen LogP contribution is -2.52. The van der Waals surface area contributed by atoms with Crippen molar-refractivity contribution in [1.82, 2.24) is 14.9 Å². The summed E-state index contributed by atoms with van der Waals surface area (Å²) in [6.45, 7) is 2.69. The second-order valence-electron chi connectivity index (χ2n) is 5.20. The van der Waals surface area contributed by atoms with Crippen LogP contribution in [0.4, 0.5) is 0 Å². The zero-order chi connectivity index (χ0) is 14.8. The fraction of sp³-hybridized carbons (Fsp3) is 0.400. The summed E-state index contributed by atoms with van der Waals surface area (Å²) in [6.07, 6.45) is 2.92. The highest BCUT2D eigenvalue weighted by Gasteiger charge is 2.29. The van der Waals surface area contributed by atoms with Gasteiger partial charge in [0.2, 0.25) is 0 Å². The highest BCUT2D eigenvalue weighted by Crippen LogP contribution is 2.18. The number of fused-ring (bicyclic) bond motifs is 1. The molecule has 110 valence electrons. The Bertz CT molecular complexity index is 661. The standard InChI is InChI=1S/C15H17N3O3/c1-10-9-21-12(8-19)7-18(10)15(20)11-2-3-13-14(6-11)17-5-4-16-13/h2-6,10,12,19H,7-9H2,1H3. The first-order valence-corrected chi connectivity index (χ1v) is 6.93. The molecule has 1 aliphatic heterocycles. The van der Waals surface area contributed by atoms with Gasteiger partial charge in [0.05, 0.1) is 36.4 Å². The molecule has 0 radical (unpaired) electrons. The van der Waals surface area contributed by atoms with Crippen molar-refractivity contribution in [1.29, 1.82) is 0 Å². The topological polar surface area (TPSA) is 75.6 Å². The summed E-state index contributed by atoms with van der Waals surface area (Å²) in [6, 6.07) is 5.29. The van der Waals surface area contributed by atoms with Crippen LogP contribution in [0.5, 0.6) is 0 Å². The van der Waals surface area contributed by atoms with Crippen LogP contribution in [0.1, 0.15) is 17.3 Å². The van der Waals surface area contributed by atoms with Crippen LogP contribution in [0.2, 0.25) is 0 Å². The van der Waals surface area contributed by atoms with Gasteiger partial charge < -0.3 is 14.7 Å². The molecular weight excluding hydrogens is 270 g/mol. The van der Waals surface area contributed by atoms with Crippen molar-refractivity contribution in [3.05, 3.63) is 36.2 Å². The minimum absolute atomic E-state index is 0.0159. The van der Waals surface area contributed by atoms with Crippen molar-refractivity contribution in [2.24, 2.45) is 0 Å². The fourth-order valence-corrected chi connectivity index (χ4v) is 2.47. The van der Waals surface area contributed by atoms with Crippen molar-refractivity contribution in [3.63, 3.8) is 0 Å². The van der Waals surface area contributed by atoms with E-state index in [2.05, 4.69) is 9.97 Å². The molecular formula is C15H17N3O3. The second-order valence-corrected chi connectivity index (χ2v) is 5.20. The van der Waals surface area contributed by atoms with Crippen molar-refractivity contribution in [3.8, 4) is 0 Å². The molecule has 21 heavy (non-hydrogen) atoms. The third-order valence-corrected chi connectivity index (χ3v) is 3.69. The van der Waals surface area contributed by atoms with E-state index in [0.29, 0.717) is 24.2 Å². The normalized spacial score (nSPS) is 22.5. The lowest BCUT2D eigenvalue weighted by Gasteiger charge is -2.37. The smallest absolute Gasteiger partial charge is 0.254 e. The summed E-state index contributed by atoms with van der Waals surface area (Å²) in [7, 11) is 0. The van der Waals surface area contributed by atoms with E-state index in [4.69, 9.17) is 4.74 Å². The maximum Gasteiger partial charge on any atom is 0.254 e. The number of hydrogen-bond acceptors (Lipinski definition) is 5. The first-order chi connectivity index (χ1) is 10.2. The Balaban J connectivity index is 1.88. The Kier molecular flexibility index (Phi) is 3.81. The van der Waals surface area contributed by atoms with Gasteiger partial charge in [-0.15, -0.1) is 0 Å². The minimum Gasteiger partial charge on any atom is -0.394 e. The Morgan fingerprint density at radius 1 is 1.38 bits per heavy atom. The van der Waals surface area contributed by atoms with E-state index in [1.54, 1.807) is 35.5 Å². The Hall–Kier alpha value is -2.05. The van der Waals surface area contributed by atoms with E-state index >= 15 is 0 Å². The maximum absolute atomic E-state index is 12.7. The summed E-state index contributed by atoms with van der Waals surface area (Å²) < 4.78 is 5.46. The molecule has 6 heteroatoms. The molecule has 2 unspecified atom stereocenters. The largest absolute Gasteiger partial charge is 0.394 e. The molecule has 0 bridgehead atoms. The first kappa shape index (κ1) is 13.9. The molecule has 1 aromatic heterocycles. The number of aromatic nitrogens is 2. The average Bonchev–Trinajstić information content (AvgIpc) is 2.54. The first-order valence-electron chi connectivity index (χ1n) is 6.93. The number of carbonyl (C=O) groups excluding carboxylic acids is 1. The predicted octanol–water partition coefficient (Wildman–Crippen LogP) is 0.852. The van der Waals surface area contributed by atoms with E-state index in [9.17, 15) is 9.90 Å². The van der Waals surface area contributed by atoms with Crippen LogP contribution in [0, 0.1) is 0 Å². The van der Waals surface area contributed by atoms with Crippen LogP contribution in [0.15, 0.2) is 30.6 Å². The fourth-order valence-electron chi connectivity index (χ4n) is 2.47. The molecule has 2 heterocycles. The van der Waals surface area contributed by atoms with E-state index < -0.39 is 0 Å². The van der Waals surface area contributed by atoms with Crippen LogP contribution in [0.25, 0.3) is 11.0 Å². The number of rotatable bonds is 2. The summed E-state index contributed by atoms with van der Waals surface area (Å²) in [5, 5.41) is 9.21. The second kappa shape index (κ2) is 5.75. The van der Waals surface area contributed by atoms with Gasteiger partial charge in [0, 0.05) is 24.5 Å². The molecule has 0 saturated carbocycles. The molecule has 1 amide bonds. The highest BCUT2D eigenvalue weighted by atomic mass is 16.5. The van der Waals surface area contributed by atoms with Gasteiger partial charge in [-0.05, 0) is 25.1 Å². The number of aliphatic hydroxyl groups excluding tert-OH is 1. The van der Waals surface area contributed by atoms with Gasteiger partial charge in [0.25, 0.3) is 5.91 Å². The van der Waals surface area contributed by atoms with Gasteiger partial charge in [-0.3, -0.25) is 14.8 Å². The summed E-state index contributed by atoms with van der Waals surface area (Å²) in [4.78, 5) is 22.8. The molecule has 0 spiro atoms. The van der Waals surface area contributed by atoms with Gasteiger partial charge in [0.1, 0.15) is 0 Å². The molecule has 1 aliphatic rings. The SMILES string of the molecule is CC1COC(CO)CN1C(=O)c1ccc2nccnc2c1. The molecule has 1 N–H and O–H groups in total. The number of benzene rings is 1. The van der Waals surface area contributed by atoms with Crippen LogP contribution >= 0.6 is 0 Å². The molecule has 1 aromatic carbocycles. The Morgan fingerprint density at radius 2 is 2.14 bits per heavy atom. The molecule has 2 aromatic rings. The van der Waals surface area contributed by atoms with Gasteiger partial charge in [-0.1, -0.05) is 0 Å². The van der Waals surface area contributed by atoms with Gasteiger partial charge in [-0.25, -0.2) is 0 Å². The molecule has 1 fully saturated rings. The van der Waals surface area contributed by atoms with Gasteiger partial charge in [-0.2, -0.15) is 0 Å². The van der Waals surface area contributed by atoms with Crippen molar-refractivity contribution in [2.45, 2.75) is 19.1 Å². The number of aliphatic hydroxyl groups is 1. The van der Waals surface area contributed by atoms with Gasteiger partial charge >= 0.3 is 0 Å². The Morgan fingerprint density at radius 3 is 2.90 bits per heavy atom. The zero-order valence-electron chi connectivity index (χ0n) is 11.8. The lowest BCUT2D eigenvalue weighted by molar-refractivity contribution is -0.0667. The highest BCUT2D eigenvalue weighted by molar-refractivity contribution is 5.97. The summed E-state index contributed by atoms with van der Waals surface area (Å²) >= 11 is 0. The Labute approximate surface area is 122 Å². The monoisotopic (exact) mass is 287 g/mol. The third-order valence-electron chi connectivity index (χ3n) is 3.69. The zero-order valence-corrected chi connectivity index (χ0v) is 11.8. The number of nitrogens with zero attached hydrogens (tertiary/aromatic N) is 3. The number of hydrogen-bond donors (Lipinski definition) is 1. The van der Waals surface area contributed by atoms with Crippen LogP contribution < -0.4 is 0 Å². The number of ether oxygens (including phenoxy) is 1. The van der Waals surface area contributed by atoms with Crippen LogP contribution in [0.3, 0.4) is 0 Å². The van der Waals surface area contributed by atoms with E-state index in [1.165, 1.54) is 0 Å². The van der Waals surface area contributed by atoms with Crippen LogP contribution in [-0.4, -0.2) is 57.8 Å². The van der Waals surface area contributed by atoms with Crippen LogP contribution in [-0.2, 0) is 4.74 Å². The van der Waals surface area contributed by atoms with E-state index in [-0.39, 0.29) is 24.7 Å². The van der Waals surface area contributed by atoms with Crippen molar-refractivity contribution in [2.75, 3.05) is 19.8 Å². The average molecular weight is 287 g/mol.